The predicted molar refractivity (Wildman–Crippen MR) is 80.2 cm³/mol. The third-order valence-corrected chi connectivity index (χ3v) is 3.53. The standard InChI is InChI=1S/C14H21BrN2O2/c1-10(17-14(18)5-3-4-8-16)11-6-7-13(19-2)12(15)9-11/h6-7,9-10H,3-5,8,16H2,1-2H3,(H,17,18). The zero-order valence-electron chi connectivity index (χ0n) is 11.4. The Morgan fingerprint density at radius 3 is 2.79 bits per heavy atom. The molecule has 106 valence electrons. The number of halogens is 1. The molecule has 0 aliphatic heterocycles. The highest BCUT2D eigenvalue weighted by molar-refractivity contribution is 9.10. The van der Waals surface area contributed by atoms with Crippen LogP contribution < -0.4 is 15.8 Å². The fourth-order valence-electron chi connectivity index (χ4n) is 1.78. The number of amides is 1. The van der Waals surface area contributed by atoms with Gasteiger partial charge in [0.25, 0.3) is 0 Å². The molecule has 1 aromatic carbocycles. The second kappa shape index (κ2) is 8.17. The molecule has 0 saturated heterocycles. The summed E-state index contributed by atoms with van der Waals surface area (Å²) in [5, 5.41) is 2.98. The van der Waals surface area contributed by atoms with Crippen LogP contribution in [0.4, 0.5) is 0 Å². The van der Waals surface area contributed by atoms with Gasteiger partial charge in [0, 0.05) is 6.42 Å². The quantitative estimate of drug-likeness (QED) is 0.756. The molecular formula is C14H21BrN2O2. The van der Waals surface area contributed by atoms with Gasteiger partial charge in [0.2, 0.25) is 5.91 Å². The SMILES string of the molecule is COc1ccc(C(C)NC(=O)CCCCN)cc1Br. The minimum absolute atomic E-state index is 0.0208. The normalized spacial score (nSPS) is 12.0. The van der Waals surface area contributed by atoms with Crippen LogP contribution in [0, 0.1) is 0 Å². The number of ether oxygens (including phenoxy) is 1. The third kappa shape index (κ3) is 5.20. The average molecular weight is 329 g/mol. The van der Waals surface area contributed by atoms with Crippen molar-refractivity contribution in [2.75, 3.05) is 13.7 Å². The molecule has 0 bridgehead atoms. The van der Waals surface area contributed by atoms with Gasteiger partial charge in [-0.2, -0.15) is 0 Å². The zero-order valence-corrected chi connectivity index (χ0v) is 13.0. The minimum atomic E-state index is -0.0208. The van der Waals surface area contributed by atoms with Gasteiger partial charge in [-0.25, -0.2) is 0 Å². The number of unbranched alkanes of at least 4 members (excludes halogenated alkanes) is 1. The van der Waals surface area contributed by atoms with E-state index in [1.807, 2.05) is 25.1 Å². The topological polar surface area (TPSA) is 64.3 Å². The zero-order chi connectivity index (χ0) is 14.3. The monoisotopic (exact) mass is 328 g/mol. The van der Waals surface area contributed by atoms with Crippen molar-refractivity contribution in [3.05, 3.63) is 28.2 Å². The number of hydrogen-bond acceptors (Lipinski definition) is 3. The van der Waals surface area contributed by atoms with Crippen LogP contribution in [0.15, 0.2) is 22.7 Å². The Hall–Kier alpha value is -1.07. The molecule has 1 atom stereocenters. The van der Waals surface area contributed by atoms with Crippen molar-refractivity contribution in [3.63, 3.8) is 0 Å². The van der Waals surface area contributed by atoms with Crippen LogP contribution in [0.3, 0.4) is 0 Å². The second-order valence-electron chi connectivity index (χ2n) is 4.43. The Balaban J connectivity index is 2.55. The molecule has 0 heterocycles. The highest BCUT2D eigenvalue weighted by Crippen LogP contribution is 2.27. The van der Waals surface area contributed by atoms with E-state index < -0.39 is 0 Å². The van der Waals surface area contributed by atoms with E-state index in [2.05, 4.69) is 21.2 Å². The molecule has 0 aromatic heterocycles. The van der Waals surface area contributed by atoms with Crippen molar-refractivity contribution in [1.29, 1.82) is 0 Å². The number of carbonyl (C=O) groups is 1. The number of benzene rings is 1. The van der Waals surface area contributed by atoms with Gasteiger partial charge < -0.3 is 15.8 Å². The highest BCUT2D eigenvalue weighted by atomic mass is 79.9. The van der Waals surface area contributed by atoms with Gasteiger partial charge >= 0.3 is 0 Å². The van der Waals surface area contributed by atoms with Crippen molar-refractivity contribution in [1.82, 2.24) is 5.32 Å². The summed E-state index contributed by atoms with van der Waals surface area (Å²) < 4.78 is 6.07. The molecule has 0 aliphatic carbocycles. The summed E-state index contributed by atoms with van der Waals surface area (Å²) in [7, 11) is 1.63. The minimum Gasteiger partial charge on any atom is -0.496 e. The first-order chi connectivity index (χ1) is 9.08. The fraction of sp³-hybridized carbons (Fsp3) is 0.500. The van der Waals surface area contributed by atoms with Gasteiger partial charge in [0.15, 0.2) is 0 Å². The Labute approximate surface area is 122 Å². The maximum absolute atomic E-state index is 11.7. The van der Waals surface area contributed by atoms with E-state index in [0.29, 0.717) is 13.0 Å². The number of hydrogen-bond donors (Lipinski definition) is 2. The Morgan fingerprint density at radius 2 is 2.21 bits per heavy atom. The summed E-state index contributed by atoms with van der Waals surface area (Å²) in [6, 6.07) is 5.78. The van der Waals surface area contributed by atoms with Crippen LogP contribution in [0.1, 0.15) is 37.8 Å². The van der Waals surface area contributed by atoms with Crippen LogP contribution in [0.2, 0.25) is 0 Å². The molecule has 4 nitrogen and oxygen atoms in total. The molecule has 0 saturated carbocycles. The maximum atomic E-state index is 11.7. The van der Waals surface area contributed by atoms with Gasteiger partial charge in [-0.15, -0.1) is 0 Å². The molecule has 1 amide bonds. The molecule has 5 heteroatoms. The number of nitrogens with two attached hydrogens (primary N) is 1. The maximum Gasteiger partial charge on any atom is 0.220 e. The molecule has 0 aliphatic rings. The smallest absolute Gasteiger partial charge is 0.220 e. The Morgan fingerprint density at radius 1 is 1.47 bits per heavy atom. The number of methoxy groups -OCH3 is 1. The van der Waals surface area contributed by atoms with Crippen LogP contribution in [-0.4, -0.2) is 19.6 Å². The summed E-state index contributed by atoms with van der Waals surface area (Å²) in [5.74, 6) is 0.845. The third-order valence-electron chi connectivity index (χ3n) is 2.91. The first-order valence-corrected chi connectivity index (χ1v) is 7.20. The molecule has 0 fully saturated rings. The van der Waals surface area contributed by atoms with E-state index in [1.165, 1.54) is 0 Å². The van der Waals surface area contributed by atoms with Crippen molar-refractivity contribution >= 4 is 21.8 Å². The Bertz CT molecular complexity index is 424. The number of nitrogens with one attached hydrogen (secondary N) is 1. The predicted octanol–water partition coefficient (Wildman–Crippen LogP) is 2.76. The van der Waals surface area contributed by atoms with Crippen LogP contribution in [0.25, 0.3) is 0 Å². The molecule has 1 aromatic rings. The van der Waals surface area contributed by atoms with E-state index in [1.54, 1.807) is 7.11 Å². The van der Waals surface area contributed by atoms with Crippen molar-refractivity contribution < 1.29 is 9.53 Å². The molecule has 1 rings (SSSR count). The molecule has 1 unspecified atom stereocenters. The van der Waals surface area contributed by atoms with Gasteiger partial charge in [0.1, 0.15) is 5.75 Å². The van der Waals surface area contributed by atoms with Crippen LogP contribution >= 0.6 is 15.9 Å². The number of carbonyl (C=O) groups excluding carboxylic acids is 1. The largest absolute Gasteiger partial charge is 0.496 e. The van der Waals surface area contributed by atoms with Crippen LogP contribution in [-0.2, 0) is 4.79 Å². The summed E-state index contributed by atoms with van der Waals surface area (Å²) in [6.07, 6.45) is 2.25. The van der Waals surface area contributed by atoms with E-state index >= 15 is 0 Å². The summed E-state index contributed by atoms with van der Waals surface area (Å²) in [4.78, 5) is 11.7. The average Bonchev–Trinajstić information content (AvgIpc) is 2.38. The lowest BCUT2D eigenvalue weighted by atomic mass is 10.1. The van der Waals surface area contributed by atoms with E-state index in [-0.39, 0.29) is 11.9 Å². The summed E-state index contributed by atoms with van der Waals surface area (Å²) in [5.41, 5.74) is 6.44. The lowest BCUT2D eigenvalue weighted by Gasteiger charge is -2.15. The fourth-order valence-corrected chi connectivity index (χ4v) is 2.34. The lowest BCUT2D eigenvalue weighted by molar-refractivity contribution is -0.121. The van der Waals surface area contributed by atoms with Crippen molar-refractivity contribution in [2.24, 2.45) is 5.73 Å². The number of rotatable bonds is 7. The molecule has 19 heavy (non-hydrogen) atoms. The van der Waals surface area contributed by atoms with Gasteiger partial charge in [-0.3, -0.25) is 4.79 Å². The van der Waals surface area contributed by atoms with Gasteiger partial charge in [0.05, 0.1) is 17.6 Å². The highest BCUT2D eigenvalue weighted by Gasteiger charge is 2.11. The first-order valence-electron chi connectivity index (χ1n) is 6.41. The van der Waals surface area contributed by atoms with E-state index in [4.69, 9.17) is 10.5 Å². The van der Waals surface area contributed by atoms with Crippen LogP contribution in [0.5, 0.6) is 5.75 Å². The summed E-state index contributed by atoms with van der Waals surface area (Å²) >= 11 is 3.44. The van der Waals surface area contributed by atoms with E-state index in [9.17, 15) is 4.79 Å². The van der Waals surface area contributed by atoms with Gasteiger partial charge in [-0.05, 0) is 59.9 Å². The van der Waals surface area contributed by atoms with Crippen molar-refractivity contribution in [3.8, 4) is 5.75 Å². The first kappa shape index (κ1) is 16.0. The molecule has 0 spiro atoms. The van der Waals surface area contributed by atoms with Gasteiger partial charge in [-0.1, -0.05) is 6.07 Å². The van der Waals surface area contributed by atoms with Crippen molar-refractivity contribution in [2.45, 2.75) is 32.2 Å². The molecule has 3 N–H and O–H groups in total. The molecule has 0 radical (unpaired) electrons. The second-order valence-corrected chi connectivity index (χ2v) is 5.28. The Kier molecular flexibility index (Phi) is 6.87. The summed E-state index contributed by atoms with van der Waals surface area (Å²) in [6.45, 7) is 2.60. The molecular weight excluding hydrogens is 308 g/mol. The van der Waals surface area contributed by atoms with E-state index in [0.717, 1.165) is 28.6 Å². The lowest BCUT2D eigenvalue weighted by Crippen LogP contribution is -2.26.